The van der Waals surface area contributed by atoms with Gasteiger partial charge in [-0.25, -0.2) is 19.3 Å². The van der Waals surface area contributed by atoms with Gasteiger partial charge in [-0.05, 0) is 12.8 Å². The molecule has 0 spiro atoms. The van der Waals surface area contributed by atoms with Crippen molar-refractivity contribution in [2.45, 2.75) is 32.7 Å². The van der Waals surface area contributed by atoms with E-state index in [1.165, 1.54) is 6.33 Å². The van der Waals surface area contributed by atoms with Crippen LogP contribution in [0, 0.1) is 5.82 Å². The molecule has 2 rings (SSSR count). The summed E-state index contributed by atoms with van der Waals surface area (Å²) in [6.45, 7) is 3.90. The first-order valence-electron chi connectivity index (χ1n) is 5.91. The Labute approximate surface area is 109 Å². The zero-order valence-corrected chi connectivity index (χ0v) is 11.2. The third kappa shape index (κ3) is 2.64. The summed E-state index contributed by atoms with van der Waals surface area (Å²) in [5, 5.41) is 5.94. The Bertz CT molecular complexity index is 501. The van der Waals surface area contributed by atoms with Crippen LogP contribution in [0.3, 0.4) is 0 Å². The van der Waals surface area contributed by atoms with Crippen molar-refractivity contribution in [3.8, 4) is 0 Å². The molecule has 0 aliphatic heterocycles. The third-order valence-corrected chi connectivity index (χ3v) is 3.55. The Morgan fingerprint density at radius 3 is 2.78 bits per heavy atom. The minimum atomic E-state index is -0.366. The Morgan fingerprint density at radius 2 is 2.17 bits per heavy atom. The molecule has 0 aliphatic carbocycles. The van der Waals surface area contributed by atoms with E-state index in [-0.39, 0.29) is 17.7 Å². The van der Waals surface area contributed by atoms with Crippen LogP contribution in [0.15, 0.2) is 17.9 Å². The lowest BCUT2D eigenvalue weighted by Crippen LogP contribution is -2.13. The van der Waals surface area contributed by atoms with Crippen molar-refractivity contribution in [2.24, 2.45) is 0 Å². The molecule has 0 aliphatic rings. The zero-order valence-electron chi connectivity index (χ0n) is 10.4. The van der Waals surface area contributed by atoms with Crippen LogP contribution >= 0.6 is 11.3 Å². The lowest BCUT2D eigenvalue weighted by atomic mass is 10.2. The predicted octanol–water partition coefficient (Wildman–Crippen LogP) is 3.20. The smallest absolute Gasteiger partial charge is 0.186 e. The van der Waals surface area contributed by atoms with Gasteiger partial charge in [0.2, 0.25) is 0 Å². The van der Waals surface area contributed by atoms with Gasteiger partial charge in [0.15, 0.2) is 11.6 Å². The van der Waals surface area contributed by atoms with Crippen LogP contribution in [0.4, 0.5) is 10.2 Å². The molecule has 96 valence electrons. The molecule has 0 bridgehead atoms. The van der Waals surface area contributed by atoms with Gasteiger partial charge in [0.1, 0.15) is 11.3 Å². The molecule has 2 heterocycles. The van der Waals surface area contributed by atoms with Crippen LogP contribution in [0.1, 0.15) is 37.0 Å². The Morgan fingerprint density at radius 1 is 1.33 bits per heavy atom. The number of thiazole rings is 1. The van der Waals surface area contributed by atoms with Crippen molar-refractivity contribution in [1.82, 2.24) is 15.0 Å². The van der Waals surface area contributed by atoms with Crippen LogP contribution in [0.5, 0.6) is 0 Å². The molecular weight excluding hydrogens is 251 g/mol. The minimum absolute atomic E-state index is 0.0147. The fourth-order valence-electron chi connectivity index (χ4n) is 1.66. The maximum absolute atomic E-state index is 14.0. The van der Waals surface area contributed by atoms with Gasteiger partial charge in [-0.3, -0.25) is 0 Å². The molecule has 0 fully saturated rings. The van der Waals surface area contributed by atoms with Crippen molar-refractivity contribution in [3.05, 3.63) is 34.4 Å². The summed E-state index contributed by atoms with van der Waals surface area (Å²) in [6, 6.07) is -0.0147. The van der Waals surface area contributed by atoms with E-state index in [9.17, 15) is 4.39 Å². The highest BCUT2D eigenvalue weighted by molar-refractivity contribution is 7.09. The maximum Gasteiger partial charge on any atom is 0.186 e. The van der Waals surface area contributed by atoms with Gasteiger partial charge in [-0.1, -0.05) is 13.8 Å². The summed E-state index contributed by atoms with van der Waals surface area (Å²) in [6.07, 6.45) is 4.51. The van der Waals surface area contributed by atoms with Crippen molar-refractivity contribution in [1.29, 1.82) is 0 Å². The van der Waals surface area contributed by atoms with Gasteiger partial charge in [0, 0.05) is 11.6 Å². The van der Waals surface area contributed by atoms with Crippen molar-refractivity contribution in [3.63, 3.8) is 0 Å². The average Bonchev–Trinajstić information content (AvgIpc) is 2.91. The highest BCUT2D eigenvalue weighted by Gasteiger charge is 2.16. The summed E-state index contributed by atoms with van der Waals surface area (Å²) < 4.78 is 14.0. The number of nitrogens with one attached hydrogen (secondary N) is 1. The van der Waals surface area contributed by atoms with Crippen LogP contribution in [0.2, 0.25) is 0 Å². The SMILES string of the molecule is CCc1ncnc(NC(CC)c2nccs2)c1F. The van der Waals surface area contributed by atoms with Crippen LogP contribution < -0.4 is 5.32 Å². The average molecular weight is 266 g/mol. The molecule has 4 nitrogen and oxygen atoms in total. The minimum Gasteiger partial charge on any atom is -0.358 e. The second-order valence-electron chi connectivity index (χ2n) is 3.81. The van der Waals surface area contributed by atoms with E-state index >= 15 is 0 Å². The largest absolute Gasteiger partial charge is 0.358 e. The molecule has 0 saturated heterocycles. The van der Waals surface area contributed by atoms with Crippen molar-refractivity contribution < 1.29 is 4.39 Å². The van der Waals surface area contributed by atoms with Crippen LogP contribution in [-0.4, -0.2) is 15.0 Å². The first-order chi connectivity index (χ1) is 8.76. The van der Waals surface area contributed by atoms with E-state index < -0.39 is 0 Å². The summed E-state index contributed by atoms with van der Waals surface area (Å²) in [5.41, 5.74) is 0.432. The number of hydrogen-bond donors (Lipinski definition) is 1. The lowest BCUT2D eigenvalue weighted by Gasteiger charge is -2.15. The maximum atomic E-state index is 14.0. The second-order valence-corrected chi connectivity index (χ2v) is 4.74. The molecule has 2 aromatic heterocycles. The summed E-state index contributed by atoms with van der Waals surface area (Å²) >= 11 is 1.55. The monoisotopic (exact) mass is 266 g/mol. The third-order valence-electron chi connectivity index (χ3n) is 2.67. The predicted molar refractivity (Wildman–Crippen MR) is 70.1 cm³/mol. The van der Waals surface area contributed by atoms with E-state index in [1.807, 2.05) is 19.2 Å². The van der Waals surface area contributed by atoms with E-state index in [0.29, 0.717) is 12.1 Å². The summed E-state index contributed by atoms with van der Waals surface area (Å²) in [4.78, 5) is 12.1. The number of halogens is 1. The van der Waals surface area contributed by atoms with Gasteiger partial charge in [-0.15, -0.1) is 11.3 Å². The fraction of sp³-hybridized carbons (Fsp3) is 0.417. The molecule has 0 aromatic carbocycles. The van der Waals surface area contributed by atoms with Crippen LogP contribution in [-0.2, 0) is 6.42 Å². The molecule has 1 atom stereocenters. The standard InChI is InChI=1S/C12H15FN4S/c1-3-8-10(13)11(16-7-15-8)17-9(4-2)12-14-5-6-18-12/h5-7,9H,3-4H2,1-2H3,(H,15,16,17). The highest BCUT2D eigenvalue weighted by Crippen LogP contribution is 2.24. The second kappa shape index (κ2) is 5.86. The highest BCUT2D eigenvalue weighted by atomic mass is 32.1. The van der Waals surface area contributed by atoms with Gasteiger partial charge in [0.05, 0.1) is 11.7 Å². The number of nitrogens with zero attached hydrogens (tertiary/aromatic N) is 3. The van der Waals surface area contributed by atoms with Crippen molar-refractivity contribution in [2.75, 3.05) is 5.32 Å². The van der Waals surface area contributed by atoms with Gasteiger partial charge in [0.25, 0.3) is 0 Å². The Hall–Kier alpha value is -1.56. The first kappa shape index (κ1) is 12.9. The molecular formula is C12H15FN4S. The van der Waals surface area contributed by atoms with Gasteiger partial charge < -0.3 is 5.32 Å². The quantitative estimate of drug-likeness (QED) is 0.903. The molecule has 2 aromatic rings. The number of anilines is 1. The van der Waals surface area contributed by atoms with E-state index in [2.05, 4.69) is 20.3 Å². The molecule has 0 amide bonds. The summed E-state index contributed by atoms with van der Waals surface area (Å²) in [5.74, 6) is -0.112. The van der Waals surface area contributed by atoms with E-state index in [1.54, 1.807) is 17.5 Å². The van der Waals surface area contributed by atoms with Gasteiger partial charge >= 0.3 is 0 Å². The normalized spacial score (nSPS) is 12.4. The molecule has 18 heavy (non-hydrogen) atoms. The van der Waals surface area contributed by atoms with E-state index in [0.717, 1.165) is 11.4 Å². The molecule has 1 unspecified atom stereocenters. The fourth-order valence-corrected chi connectivity index (χ4v) is 2.44. The number of hydrogen-bond acceptors (Lipinski definition) is 5. The summed E-state index contributed by atoms with van der Waals surface area (Å²) in [7, 11) is 0. The Balaban J connectivity index is 2.22. The van der Waals surface area contributed by atoms with Gasteiger partial charge in [-0.2, -0.15) is 0 Å². The lowest BCUT2D eigenvalue weighted by molar-refractivity contribution is 0.590. The molecule has 0 radical (unpaired) electrons. The van der Waals surface area contributed by atoms with Crippen molar-refractivity contribution >= 4 is 17.2 Å². The molecule has 0 saturated carbocycles. The first-order valence-corrected chi connectivity index (χ1v) is 6.79. The van der Waals surface area contributed by atoms with E-state index in [4.69, 9.17) is 0 Å². The number of aromatic nitrogens is 3. The molecule has 1 N–H and O–H groups in total. The van der Waals surface area contributed by atoms with Crippen LogP contribution in [0.25, 0.3) is 0 Å². The number of aryl methyl sites for hydroxylation is 1. The Kier molecular flexibility index (Phi) is 4.19. The number of rotatable bonds is 5. The topological polar surface area (TPSA) is 50.7 Å². The molecule has 6 heteroatoms. The zero-order chi connectivity index (χ0) is 13.0.